The Morgan fingerprint density at radius 3 is 2.78 bits per heavy atom. The number of carbonyl (C=O) groups is 1. The first kappa shape index (κ1) is 19.2. The van der Waals surface area contributed by atoms with Gasteiger partial charge in [0.15, 0.2) is 5.15 Å². The third-order valence-corrected chi connectivity index (χ3v) is 4.72. The molecule has 1 N–H and O–H groups in total. The minimum Gasteiger partial charge on any atom is -0.494 e. The molecule has 0 bridgehead atoms. The molecule has 9 heteroatoms. The van der Waals surface area contributed by atoms with Crippen LogP contribution in [-0.4, -0.2) is 32.9 Å². The molecule has 7 nitrogen and oxygen atoms in total. The molecule has 0 saturated heterocycles. The van der Waals surface area contributed by atoms with Gasteiger partial charge in [-0.25, -0.2) is 4.98 Å². The first-order valence-electron chi connectivity index (χ1n) is 8.21. The van der Waals surface area contributed by atoms with Crippen LogP contribution >= 0.6 is 23.4 Å². The van der Waals surface area contributed by atoms with Gasteiger partial charge in [0, 0.05) is 11.8 Å². The zero-order valence-electron chi connectivity index (χ0n) is 14.7. The highest BCUT2D eigenvalue weighted by Crippen LogP contribution is 2.28. The van der Waals surface area contributed by atoms with E-state index in [1.165, 1.54) is 0 Å². The third kappa shape index (κ3) is 4.99. The number of carbonyl (C=O) groups excluding carboxylic acids is 1. The Balaban J connectivity index is 1.62. The maximum atomic E-state index is 12.3. The summed E-state index contributed by atoms with van der Waals surface area (Å²) in [6.07, 6.45) is 1.55. The number of hydrogen-bond acceptors (Lipinski definition) is 7. The van der Waals surface area contributed by atoms with E-state index in [1.54, 1.807) is 25.3 Å². The monoisotopic (exact) mass is 404 g/mol. The van der Waals surface area contributed by atoms with Crippen molar-refractivity contribution in [1.82, 2.24) is 15.2 Å². The van der Waals surface area contributed by atoms with Gasteiger partial charge < -0.3 is 14.5 Å². The fourth-order valence-corrected chi connectivity index (χ4v) is 3.00. The van der Waals surface area contributed by atoms with Crippen LogP contribution in [0.1, 0.15) is 13.8 Å². The highest BCUT2D eigenvalue weighted by atomic mass is 35.5. The molecule has 1 atom stereocenters. The molecule has 0 radical (unpaired) electrons. The second-order valence-electron chi connectivity index (χ2n) is 5.42. The fraction of sp³-hybridized carbons (Fsp3) is 0.222. The van der Waals surface area contributed by atoms with E-state index in [4.69, 9.17) is 20.8 Å². The quantitative estimate of drug-likeness (QED) is 0.463. The summed E-state index contributed by atoms with van der Waals surface area (Å²) in [5.41, 5.74) is 1.23. The Bertz CT molecular complexity index is 917. The third-order valence-electron chi connectivity index (χ3n) is 3.48. The van der Waals surface area contributed by atoms with Crippen LogP contribution in [0.25, 0.3) is 11.5 Å². The highest BCUT2D eigenvalue weighted by molar-refractivity contribution is 8.00. The molecule has 0 aliphatic rings. The van der Waals surface area contributed by atoms with E-state index in [0.717, 1.165) is 23.1 Å². The summed E-state index contributed by atoms with van der Waals surface area (Å²) in [6.45, 7) is 4.27. The Morgan fingerprint density at radius 1 is 1.30 bits per heavy atom. The average Bonchev–Trinajstić information content (AvgIpc) is 3.13. The van der Waals surface area contributed by atoms with E-state index in [9.17, 15) is 4.79 Å². The second-order valence-corrected chi connectivity index (χ2v) is 7.07. The zero-order valence-corrected chi connectivity index (χ0v) is 16.3. The lowest BCUT2D eigenvalue weighted by Gasteiger charge is -2.10. The van der Waals surface area contributed by atoms with Crippen molar-refractivity contribution in [2.24, 2.45) is 0 Å². The number of aromatic nitrogens is 3. The first-order chi connectivity index (χ1) is 13.1. The average molecular weight is 405 g/mol. The summed E-state index contributed by atoms with van der Waals surface area (Å²) in [4.78, 5) is 16.2. The van der Waals surface area contributed by atoms with Gasteiger partial charge in [0.05, 0.1) is 17.5 Å². The molecule has 3 aromatic rings. The molecular formula is C18H17ClN4O3S. The fourth-order valence-electron chi connectivity index (χ4n) is 2.15. The van der Waals surface area contributed by atoms with Crippen LogP contribution in [0.2, 0.25) is 5.15 Å². The van der Waals surface area contributed by atoms with Gasteiger partial charge in [-0.15, -0.1) is 10.2 Å². The Labute approximate surface area is 165 Å². The van der Waals surface area contributed by atoms with Crippen molar-refractivity contribution in [2.75, 3.05) is 11.9 Å². The molecule has 140 valence electrons. The van der Waals surface area contributed by atoms with Gasteiger partial charge in [0.25, 0.3) is 5.22 Å². The maximum absolute atomic E-state index is 12.3. The van der Waals surface area contributed by atoms with Gasteiger partial charge in [0.1, 0.15) is 5.75 Å². The lowest BCUT2D eigenvalue weighted by molar-refractivity contribution is -0.115. The molecule has 0 aliphatic heterocycles. The summed E-state index contributed by atoms with van der Waals surface area (Å²) in [7, 11) is 0. The van der Waals surface area contributed by atoms with Crippen molar-refractivity contribution in [3.63, 3.8) is 0 Å². The summed E-state index contributed by atoms with van der Waals surface area (Å²) in [5.74, 6) is 0.911. The van der Waals surface area contributed by atoms with Gasteiger partial charge in [-0.3, -0.25) is 4.79 Å². The second kappa shape index (κ2) is 8.88. The molecule has 0 spiro atoms. The van der Waals surface area contributed by atoms with Crippen LogP contribution in [0, 0.1) is 0 Å². The van der Waals surface area contributed by atoms with Gasteiger partial charge in [0.2, 0.25) is 11.8 Å². The van der Waals surface area contributed by atoms with Crippen molar-refractivity contribution < 1.29 is 13.9 Å². The van der Waals surface area contributed by atoms with Crippen LogP contribution < -0.4 is 10.1 Å². The molecule has 1 aromatic carbocycles. The van der Waals surface area contributed by atoms with Crippen LogP contribution in [0.5, 0.6) is 5.75 Å². The molecule has 0 unspecified atom stereocenters. The molecule has 27 heavy (non-hydrogen) atoms. The van der Waals surface area contributed by atoms with Crippen molar-refractivity contribution in [2.45, 2.75) is 24.3 Å². The smallest absolute Gasteiger partial charge is 0.277 e. The predicted molar refractivity (Wildman–Crippen MR) is 104 cm³/mol. The number of amides is 1. The largest absolute Gasteiger partial charge is 0.494 e. The van der Waals surface area contributed by atoms with E-state index in [1.807, 2.05) is 31.2 Å². The van der Waals surface area contributed by atoms with Gasteiger partial charge in [-0.05, 0) is 50.2 Å². The number of halogens is 1. The number of anilines is 1. The van der Waals surface area contributed by atoms with Crippen molar-refractivity contribution >= 4 is 35.0 Å². The molecule has 2 aromatic heterocycles. The first-order valence-corrected chi connectivity index (χ1v) is 9.47. The zero-order chi connectivity index (χ0) is 19.2. The topological polar surface area (TPSA) is 90.1 Å². The van der Waals surface area contributed by atoms with Crippen molar-refractivity contribution in [3.8, 4) is 17.2 Å². The summed E-state index contributed by atoms with van der Waals surface area (Å²) in [5, 5.41) is 10.8. The minimum atomic E-state index is -0.463. The lowest BCUT2D eigenvalue weighted by Crippen LogP contribution is -2.22. The van der Waals surface area contributed by atoms with E-state index < -0.39 is 5.25 Å². The molecule has 0 saturated carbocycles. The Morgan fingerprint density at radius 2 is 2.07 bits per heavy atom. The lowest BCUT2D eigenvalue weighted by atomic mass is 10.2. The summed E-state index contributed by atoms with van der Waals surface area (Å²) < 4.78 is 11.1. The van der Waals surface area contributed by atoms with E-state index >= 15 is 0 Å². The summed E-state index contributed by atoms with van der Waals surface area (Å²) in [6, 6.07) is 10.7. The van der Waals surface area contributed by atoms with E-state index in [-0.39, 0.29) is 11.1 Å². The van der Waals surface area contributed by atoms with Crippen LogP contribution in [-0.2, 0) is 4.79 Å². The molecule has 3 rings (SSSR count). The Hall–Kier alpha value is -2.58. The Kier molecular flexibility index (Phi) is 6.31. The number of hydrogen-bond donors (Lipinski definition) is 1. The van der Waals surface area contributed by atoms with Crippen LogP contribution in [0.15, 0.2) is 52.2 Å². The van der Waals surface area contributed by atoms with Crippen molar-refractivity contribution in [3.05, 3.63) is 47.7 Å². The predicted octanol–water partition coefficient (Wildman–Crippen LogP) is 4.30. The van der Waals surface area contributed by atoms with Crippen LogP contribution in [0.4, 0.5) is 5.69 Å². The number of pyridine rings is 1. The number of nitrogens with one attached hydrogen (secondary N) is 1. The molecule has 1 amide bonds. The standard InChI is InChI=1S/C18H17ClN4O3S/c1-3-25-13-8-6-12(7-9-13)17-22-23-18(26-17)27-11(2)16(24)21-14-5-4-10-20-15(14)19/h4-11H,3H2,1-2H3,(H,21,24)/t11-/m0/s1. The van der Waals surface area contributed by atoms with E-state index in [0.29, 0.717) is 23.4 Å². The number of rotatable bonds is 7. The number of ether oxygens (including phenoxy) is 1. The number of nitrogens with zero attached hydrogens (tertiary/aromatic N) is 3. The van der Waals surface area contributed by atoms with Gasteiger partial charge >= 0.3 is 0 Å². The van der Waals surface area contributed by atoms with E-state index in [2.05, 4.69) is 20.5 Å². The minimum absolute atomic E-state index is 0.235. The normalized spacial score (nSPS) is 11.8. The van der Waals surface area contributed by atoms with Gasteiger partial charge in [-0.2, -0.15) is 0 Å². The molecular weight excluding hydrogens is 388 g/mol. The SMILES string of the molecule is CCOc1ccc(-c2nnc(S[C@@H](C)C(=O)Nc3cccnc3Cl)o2)cc1. The highest BCUT2D eigenvalue weighted by Gasteiger charge is 2.19. The summed E-state index contributed by atoms with van der Waals surface area (Å²) >= 11 is 7.12. The molecule has 0 aliphatic carbocycles. The number of benzene rings is 1. The molecule has 2 heterocycles. The number of thioether (sulfide) groups is 1. The molecule has 0 fully saturated rings. The maximum Gasteiger partial charge on any atom is 0.277 e. The van der Waals surface area contributed by atoms with Crippen molar-refractivity contribution in [1.29, 1.82) is 0 Å². The van der Waals surface area contributed by atoms with Crippen LogP contribution in [0.3, 0.4) is 0 Å². The van der Waals surface area contributed by atoms with Gasteiger partial charge in [-0.1, -0.05) is 23.4 Å².